The van der Waals surface area contributed by atoms with Crippen LogP contribution in [-0.4, -0.2) is 7.05 Å². The quantitative estimate of drug-likeness (QED) is 0.638. The summed E-state index contributed by atoms with van der Waals surface area (Å²) in [7, 11) is 2.10. The average molecular weight is 334 g/mol. The fraction of sp³-hybridized carbons (Fsp3) is 0.333. The minimum atomic E-state index is 0.0518. The summed E-state index contributed by atoms with van der Waals surface area (Å²) in [5, 5.41) is 0.810. The van der Waals surface area contributed by atoms with Crippen LogP contribution in [0.4, 0.5) is 5.69 Å². The number of nitrogens with zero attached hydrogens (tertiary/aromatic N) is 1. The number of allylic oxidation sites excluding steroid dienone is 1. The number of likely N-dealkylation sites (N-methyl/N-ethyl adjacent to an activating group) is 1. The zero-order chi connectivity index (χ0) is 11.2. The standard InChI is InChI=1S/C12H13ClIN/c1-12(2)9-6-8(13)4-5-10(9)15(3)11(12)7-14/h4-7H,1-3H3/b11-7+. The van der Waals surface area contributed by atoms with E-state index in [-0.39, 0.29) is 5.41 Å². The van der Waals surface area contributed by atoms with Crippen molar-refractivity contribution in [1.29, 1.82) is 0 Å². The number of fused-ring (bicyclic) bond motifs is 1. The Kier molecular flexibility index (Phi) is 2.75. The molecular weight excluding hydrogens is 320 g/mol. The molecule has 0 aliphatic carbocycles. The van der Waals surface area contributed by atoms with Crippen molar-refractivity contribution in [3.63, 3.8) is 0 Å². The highest BCUT2D eigenvalue weighted by atomic mass is 127. The van der Waals surface area contributed by atoms with E-state index >= 15 is 0 Å². The number of hydrogen-bond acceptors (Lipinski definition) is 1. The topological polar surface area (TPSA) is 3.24 Å². The van der Waals surface area contributed by atoms with Gasteiger partial charge in [-0.05, 0) is 27.8 Å². The monoisotopic (exact) mass is 333 g/mol. The van der Waals surface area contributed by atoms with Crippen molar-refractivity contribution in [2.75, 3.05) is 11.9 Å². The summed E-state index contributed by atoms with van der Waals surface area (Å²) in [5.41, 5.74) is 3.93. The molecule has 3 heteroatoms. The lowest BCUT2D eigenvalue weighted by Crippen LogP contribution is -2.22. The van der Waals surface area contributed by atoms with E-state index in [0.29, 0.717) is 0 Å². The van der Waals surface area contributed by atoms with Gasteiger partial charge in [0.25, 0.3) is 0 Å². The lowest BCUT2D eigenvalue weighted by Gasteiger charge is -2.23. The molecule has 0 radical (unpaired) electrons. The van der Waals surface area contributed by atoms with Gasteiger partial charge in [-0.2, -0.15) is 0 Å². The SMILES string of the molecule is CN1/C(=C/I)C(C)(C)c2cc(Cl)ccc21. The highest BCUT2D eigenvalue weighted by Crippen LogP contribution is 2.47. The number of anilines is 1. The average Bonchev–Trinajstić information content (AvgIpc) is 2.35. The fourth-order valence-corrected chi connectivity index (χ4v) is 3.57. The zero-order valence-corrected chi connectivity index (χ0v) is 11.9. The molecule has 15 heavy (non-hydrogen) atoms. The molecule has 0 amide bonds. The first-order chi connectivity index (χ1) is 6.98. The molecule has 1 aliphatic rings. The van der Waals surface area contributed by atoms with Crippen molar-refractivity contribution >= 4 is 39.9 Å². The number of halogens is 2. The maximum atomic E-state index is 6.05. The second kappa shape index (κ2) is 3.67. The van der Waals surface area contributed by atoms with Crippen molar-refractivity contribution in [3.8, 4) is 0 Å². The maximum Gasteiger partial charge on any atom is 0.0449 e. The normalized spacial score (nSPS) is 20.9. The summed E-state index contributed by atoms with van der Waals surface area (Å²) in [4.78, 5) is 2.23. The molecule has 80 valence electrons. The number of rotatable bonds is 0. The van der Waals surface area contributed by atoms with E-state index in [2.05, 4.69) is 64.6 Å². The van der Waals surface area contributed by atoms with Crippen LogP contribution in [0.25, 0.3) is 0 Å². The second-order valence-corrected chi connectivity index (χ2v) is 5.40. The Bertz CT molecular complexity index is 437. The Morgan fingerprint density at radius 1 is 1.40 bits per heavy atom. The first-order valence-corrected chi connectivity index (χ1v) is 6.45. The molecular formula is C12H13ClIN. The smallest absolute Gasteiger partial charge is 0.0449 e. The van der Waals surface area contributed by atoms with E-state index in [1.807, 2.05) is 6.07 Å². The molecule has 0 atom stereocenters. The van der Waals surface area contributed by atoms with E-state index in [9.17, 15) is 0 Å². The Balaban J connectivity index is 2.69. The van der Waals surface area contributed by atoms with Crippen molar-refractivity contribution < 1.29 is 0 Å². The van der Waals surface area contributed by atoms with Crippen molar-refractivity contribution in [2.45, 2.75) is 19.3 Å². The van der Waals surface area contributed by atoms with Gasteiger partial charge < -0.3 is 4.90 Å². The highest BCUT2D eigenvalue weighted by Gasteiger charge is 2.38. The molecule has 0 N–H and O–H groups in total. The van der Waals surface area contributed by atoms with Gasteiger partial charge in [-0.1, -0.05) is 48.0 Å². The van der Waals surface area contributed by atoms with Crippen LogP contribution < -0.4 is 4.90 Å². The van der Waals surface area contributed by atoms with Gasteiger partial charge in [0, 0.05) is 28.9 Å². The van der Waals surface area contributed by atoms with Gasteiger partial charge in [-0.15, -0.1) is 0 Å². The van der Waals surface area contributed by atoms with E-state index in [1.54, 1.807) is 0 Å². The number of hydrogen-bond donors (Lipinski definition) is 0. The molecule has 0 saturated carbocycles. The summed E-state index contributed by atoms with van der Waals surface area (Å²) in [6, 6.07) is 6.11. The third kappa shape index (κ3) is 1.58. The Morgan fingerprint density at radius 3 is 2.67 bits per heavy atom. The molecule has 0 aromatic heterocycles. The van der Waals surface area contributed by atoms with Crippen LogP contribution in [0, 0.1) is 0 Å². The summed E-state index contributed by atoms with van der Waals surface area (Å²) >= 11 is 8.35. The fourth-order valence-electron chi connectivity index (χ4n) is 2.20. The number of benzene rings is 1. The zero-order valence-electron chi connectivity index (χ0n) is 9.01. The van der Waals surface area contributed by atoms with Crippen LogP contribution in [-0.2, 0) is 5.41 Å². The molecule has 1 aromatic carbocycles. The van der Waals surface area contributed by atoms with Crippen LogP contribution in [0.15, 0.2) is 28.0 Å². The molecule has 1 heterocycles. The predicted molar refractivity (Wildman–Crippen MR) is 75.0 cm³/mol. The summed E-state index contributed by atoms with van der Waals surface area (Å²) < 4.78 is 2.14. The molecule has 1 aliphatic heterocycles. The molecule has 0 bridgehead atoms. The third-order valence-corrected chi connectivity index (χ3v) is 3.92. The van der Waals surface area contributed by atoms with Gasteiger partial charge in [-0.25, -0.2) is 0 Å². The second-order valence-electron chi connectivity index (χ2n) is 4.34. The van der Waals surface area contributed by atoms with Crippen LogP contribution >= 0.6 is 34.2 Å². The first-order valence-electron chi connectivity index (χ1n) is 4.83. The summed E-state index contributed by atoms with van der Waals surface area (Å²) in [6.07, 6.45) is 0. The van der Waals surface area contributed by atoms with Crippen LogP contribution in [0.5, 0.6) is 0 Å². The van der Waals surface area contributed by atoms with Crippen LogP contribution in [0.3, 0.4) is 0 Å². The minimum Gasteiger partial charge on any atom is -0.347 e. The maximum absolute atomic E-state index is 6.05. The lowest BCUT2D eigenvalue weighted by molar-refractivity contribution is 0.642. The van der Waals surface area contributed by atoms with Gasteiger partial charge in [0.05, 0.1) is 0 Å². The van der Waals surface area contributed by atoms with Gasteiger partial charge >= 0.3 is 0 Å². The minimum absolute atomic E-state index is 0.0518. The Labute approximate surface area is 109 Å². The van der Waals surface area contributed by atoms with Crippen molar-refractivity contribution in [3.05, 3.63) is 38.6 Å². The molecule has 2 rings (SSSR count). The van der Waals surface area contributed by atoms with E-state index in [0.717, 1.165) is 5.02 Å². The molecule has 0 unspecified atom stereocenters. The van der Waals surface area contributed by atoms with Gasteiger partial charge in [0.15, 0.2) is 0 Å². The molecule has 0 saturated heterocycles. The van der Waals surface area contributed by atoms with Crippen LogP contribution in [0.2, 0.25) is 5.02 Å². The van der Waals surface area contributed by atoms with E-state index in [4.69, 9.17) is 11.6 Å². The molecule has 0 fully saturated rings. The summed E-state index contributed by atoms with van der Waals surface area (Å²) in [5.74, 6) is 0. The van der Waals surface area contributed by atoms with Gasteiger partial charge in [-0.3, -0.25) is 0 Å². The van der Waals surface area contributed by atoms with Crippen molar-refractivity contribution in [1.82, 2.24) is 0 Å². The molecule has 0 spiro atoms. The third-order valence-electron chi connectivity index (χ3n) is 3.10. The Hall–Kier alpha value is -0.220. The van der Waals surface area contributed by atoms with E-state index < -0.39 is 0 Å². The largest absolute Gasteiger partial charge is 0.347 e. The predicted octanol–water partition coefficient (Wildman–Crippen LogP) is 4.34. The van der Waals surface area contributed by atoms with Gasteiger partial charge in [0.1, 0.15) is 0 Å². The molecule has 1 nitrogen and oxygen atoms in total. The summed E-state index contributed by atoms with van der Waals surface area (Å²) in [6.45, 7) is 4.46. The van der Waals surface area contributed by atoms with Gasteiger partial charge in [0.2, 0.25) is 0 Å². The van der Waals surface area contributed by atoms with Crippen molar-refractivity contribution in [2.24, 2.45) is 0 Å². The first kappa shape index (κ1) is 11.3. The van der Waals surface area contributed by atoms with E-state index in [1.165, 1.54) is 16.9 Å². The van der Waals surface area contributed by atoms with Crippen LogP contribution in [0.1, 0.15) is 19.4 Å². The lowest BCUT2D eigenvalue weighted by atomic mass is 9.84. The Morgan fingerprint density at radius 2 is 2.07 bits per heavy atom. The molecule has 1 aromatic rings. The highest BCUT2D eigenvalue weighted by molar-refractivity contribution is 14.1.